The molecule has 1 aliphatic rings. The number of unbranched alkanes of at least 4 members (excludes halogenated alkanes) is 1. The molecule has 4 aromatic rings. The zero-order chi connectivity index (χ0) is 28.8. The van der Waals surface area contributed by atoms with Gasteiger partial charge in [0.05, 0.1) is 16.8 Å². The molecule has 10 heteroatoms. The van der Waals surface area contributed by atoms with Gasteiger partial charge in [-0.1, -0.05) is 73.6 Å². The van der Waals surface area contributed by atoms with Crippen LogP contribution in [0.15, 0.2) is 76.4 Å². The molecule has 0 saturated heterocycles. The van der Waals surface area contributed by atoms with Crippen LogP contribution in [0.2, 0.25) is 0 Å². The molecule has 5 rings (SSSR count). The van der Waals surface area contributed by atoms with E-state index in [4.69, 9.17) is 19.2 Å². The summed E-state index contributed by atoms with van der Waals surface area (Å²) >= 11 is 5.23. The number of para-hydroxylation sites is 1. The number of amides is 1. The van der Waals surface area contributed by atoms with Gasteiger partial charge >= 0.3 is 0 Å². The smallest absolute Gasteiger partial charge is 0.247 e. The van der Waals surface area contributed by atoms with E-state index in [0.29, 0.717) is 57.2 Å². The van der Waals surface area contributed by atoms with Gasteiger partial charge in [0.25, 0.3) is 0 Å². The summed E-state index contributed by atoms with van der Waals surface area (Å²) in [5.74, 6) is 2.11. The first kappa shape index (κ1) is 28.9. The van der Waals surface area contributed by atoms with Crippen LogP contribution < -0.4 is 19.1 Å². The highest BCUT2D eigenvalue weighted by Crippen LogP contribution is 2.46. The van der Waals surface area contributed by atoms with E-state index in [-0.39, 0.29) is 5.91 Å². The number of anilines is 1. The Morgan fingerprint density at radius 1 is 1.05 bits per heavy atom. The number of nitrogens with zero attached hydrogens (tertiary/aromatic N) is 4. The highest BCUT2D eigenvalue weighted by Gasteiger charge is 2.35. The van der Waals surface area contributed by atoms with Crippen LogP contribution in [0.25, 0.3) is 11.3 Å². The highest BCUT2D eigenvalue weighted by molar-refractivity contribution is 9.10. The molecule has 1 aliphatic heterocycles. The minimum absolute atomic E-state index is 0.195. The summed E-state index contributed by atoms with van der Waals surface area (Å²) < 4.78 is 19.5. The largest absolute Gasteiger partial charge is 0.490 e. The predicted molar refractivity (Wildman–Crippen MR) is 164 cm³/mol. The molecule has 2 heterocycles. The molecule has 1 aromatic heterocycles. The van der Waals surface area contributed by atoms with Gasteiger partial charge in [0.2, 0.25) is 23.2 Å². The number of fused-ring (bicyclic) bond motifs is 3. The van der Waals surface area contributed by atoms with Crippen molar-refractivity contribution in [2.45, 2.75) is 51.6 Å². The van der Waals surface area contributed by atoms with Gasteiger partial charge in [-0.05, 0) is 53.0 Å². The summed E-state index contributed by atoms with van der Waals surface area (Å²) in [5, 5.41) is 9.39. The van der Waals surface area contributed by atoms with Crippen molar-refractivity contribution in [3.8, 4) is 28.6 Å². The van der Waals surface area contributed by atoms with Crippen LogP contribution in [0.1, 0.15) is 51.0 Å². The van der Waals surface area contributed by atoms with E-state index < -0.39 is 6.23 Å². The normalized spacial score (nSPS) is 14.0. The number of rotatable bonds is 10. The number of hydrogen-bond acceptors (Lipinski definition) is 8. The third kappa shape index (κ3) is 6.49. The van der Waals surface area contributed by atoms with Crippen LogP contribution in [0.5, 0.6) is 17.4 Å². The number of thioether (sulfide) groups is 1. The summed E-state index contributed by atoms with van der Waals surface area (Å²) in [4.78, 5) is 19.6. The Balaban J connectivity index is 1.58. The van der Waals surface area contributed by atoms with Crippen molar-refractivity contribution >= 4 is 39.3 Å². The van der Waals surface area contributed by atoms with Gasteiger partial charge in [-0.3, -0.25) is 9.69 Å². The Labute approximate surface area is 252 Å². The van der Waals surface area contributed by atoms with E-state index in [1.165, 1.54) is 18.7 Å². The lowest BCUT2D eigenvalue weighted by Crippen LogP contribution is -2.36. The monoisotopic (exact) mass is 634 g/mol. The quantitative estimate of drug-likeness (QED) is 0.130. The van der Waals surface area contributed by atoms with Gasteiger partial charge < -0.3 is 14.2 Å². The molecule has 0 radical (unpaired) electrons. The van der Waals surface area contributed by atoms with E-state index in [0.717, 1.165) is 29.7 Å². The van der Waals surface area contributed by atoms with E-state index in [1.54, 1.807) is 4.90 Å². The van der Waals surface area contributed by atoms with Crippen molar-refractivity contribution < 1.29 is 19.0 Å². The molecule has 41 heavy (non-hydrogen) atoms. The Hall–Kier alpha value is -3.63. The van der Waals surface area contributed by atoms with Crippen molar-refractivity contribution in [2.75, 3.05) is 17.3 Å². The molecule has 0 fully saturated rings. The second kappa shape index (κ2) is 13.4. The number of benzene rings is 3. The first-order valence-corrected chi connectivity index (χ1v) is 15.3. The number of halogens is 1. The molecular weight excluding hydrogens is 604 g/mol. The van der Waals surface area contributed by atoms with Gasteiger partial charge in [0, 0.05) is 23.8 Å². The molecular formula is C31H31BrN4O4S. The maximum absolute atomic E-state index is 13.2. The van der Waals surface area contributed by atoms with E-state index in [2.05, 4.69) is 33.1 Å². The summed E-state index contributed by atoms with van der Waals surface area (Å²) in [6, 6.07) is 21.2. The number of hydrogen-bond donors (Lipinski definition) is 0. The maximum Gasteiger partial charge on any atom is 0.247 e. The highest BCUT2D eigenvalue weighted by atomic mass is 79.9. The van der Waals surface area contributed by atoms with Gasteiger partial charge in [0.1, 0.15) is 6.61 Å². The third-order valence-corrected chi connectivity index (χ3v) is 7.94. The SMILES string of the molecule is CCCCSc1nnc2c(n1)OC(c1cc(Br)c(OCc3ccccc3)c(OCC)c1)N(C(C)=O)c1ccccc1-2. The molecule has 0 spiro atoms. The molecule has 8 nitrogen and oxygen atoms in total. The fraction of sp³-hybridized carbons (Fsp3) is 0.290. The summed E-state index contributed by atoms with van der Waals surface area (Å²) in [6.45, 7) is 6.38. The van der Waals surface area contributed by atoms with Gasteiger partial charge in [-0.2, -0.15) is 4.98 Å². The van der Waals surface area contributed by atoms with Crippen molar-refractivity contribution in [3.05, 3.63) is 82.3 Å². The minimum atomic E-state index is -0.848. The third-order valence-electron chi connectivity index (χ3n) is 6.42. The Morgan fingerprint density at radius 2 is 1.83 bits per heavy atom. The lowest BCUT2D eigenvalue weighted by molar-refractivity contribution is -0.118. The fourth-order valence-corrected chi connectivity index (χ4v) is 5.94. The molecule has 0 N–H and O–H groups in total. The number of carbonyl (C=O) groups excluding carboxylic acids is 1. The standard InChI is InChI=1S/C31H31BrN4O4S/c1-4-6-16-41-31-33-29-27(34-35-31)23-14-10-11-15-25(23)36(20(3)37)30(40-29)22-17-24(32)28(26(18-22)38-5-2)39-19-21-12-8-7-9-13-21/h7-15,17-18,30H,4-6,16,19H2,1-3H3. The molecule has 3 aromatic carbocycles. The van der Waals surface area contributed by atoms with Gasteiger partial charge in [0.15, 0.2) is 17.2 Å². The minimum Gasteiger partial charge on any atom is -0.490 e. The van der Waals surface area contributed by atoms with Crippen LogP contribution in [-0.4, -0.2) is 33.4 Å². The Kier molecular flexibility index (Phi) is 9.41. The first-order chi connectivity index (χ1) is 20.0. The molecule has 0 saturated carbocycles. The van der Waals surface area contributed by atoms with Gasteiger partial charge in [-0.25, -0.2) is 0 Å². The maximum atomic E-state index is 13.2. The fourth-order valence-electron chi connectivity index (χ4n) is 4.50. The van der Waals surface area contributed by atoms with Crippen LogP contribution in [0, 0.1) is 0 Å². The molecule has 0 bridgehead atoms. The van der Waals surface area contributed by atoms with Crippen molar-refractivity contribution in [1.29, 1.82) is 0 Å². The summed E-state index contributed by atoms with van der Waals surface area (Å²) in [5.41, 5.74) is 3.58. The number of ether oxygens (including phenoxy) is 3. The molecule has 1 amide bonds. The zero-order valence-electron chi connectivity index (χ0n) is 23.2. The summed E-state index contributed by atoms with van der Waals surface area (Å²) in [7, 11) is 0. The van der Waals surface area contributed by atoms with E-state index >= 15 is 0 Å². The van der Waals surface area contributed by atoms with Crippen molar-refractivity contribution in [1.82, 2.24) is 15.2 Å². The Morgan fingerprint density at radius 3 is 2.59 bits per heavy atom. The molecule has 212 valence electrons. The molecule has 1 unspecified atom stereocenters. The Bertz CT molecular complexity index is 1520. The van der Waals surface area contributed by atoms with E-state index in [1.807, 2.05) is 73.7 Å². The van der Waals surface area contributed by atoms with Crippen molar-refractivity contribution in [2.24, 2.45) is 0 Å². The van der Waals surface area contributed by atoms with Crippen LogP contribution >= 0.6 is 27.7 Å². The number of aromatic nitrogens is 3. The average Bonchev–Trinajstić information content (AvgIpc) is 3.12. The topological polar surface area (TPSA) is 86.7 Å². The molecule has 1 atom stereocenters. The van der Waals surface area contributed by atoms with E-state index in [9.17, 15) is 4.79 Å². The predicted octanol–water partition coefficient (Wildman–Crippen LogP) is 7.62. The molecule has 0 aliphatic carbocycles. The average molecular weight is 636 g/mol. The van der Waals surface area contributed by atoms with Crippen molar-refractivity contribution in [3.63, 3.8) is 0 Å². The second-order valence-electron chi connectivity index (χ2n) is 9.36. The zero-order valence-corrected chi connectivity index (χ0v) is 25.6. The van der Waals surface area contributed by atoms with Crippen LogP contribution in [0.4, 0.5) is 5.69 Å². The van der Waals surface area contributed by atoms with Crippen LogP contribution in [0.3, 0.4) is 0 Å². The lowest BCUT2D eigenvalue weighted by atomic mass is 10.1. The van der Waals surface area contributed by atoms with Crippen LogP contribution in [-0.2, 0) is 11.4 Å². The summed E-state index contributed by atoms with van der Waals surface area (Å²) in [6.07, 6.45) is 1.27. The lowest BCUT2D eigenvalue weighted by Gasteiger charge is -2.30. The first-order valence-electron chi connectivity index (χ1n) is 13.6. The second-order valence-corrected chi connectivity index (χ2v) is 11.3. The number of carbonyl (C=O) groups is 1. The van der Waals surface area contributed by atoms with Gasteiger partial charge in [-0.15, -0.1) is 10.2 Å².